The largest absolute Gasteiger partial charge is 0.369 e. The van der Waals surface area contributed by atoms with E-state index in [0.29, 0.717) is 16.0 Å². The lowest BCUT2D eigenvalue weighted by molar-refractivity contribution is 0.698. The quantitative estimate of drug-likeness (QED) is 0.702. The van der Waals surface area contributed by atoms with Gasteiger partial charge in [-0.3, -0.25) is 4.68 Å². The van der Waals surface area contributed by atoms with Crippen molar-refractivity contribution in [1.29, 1.82) is 0 Å². The average molecular weight is 384 g/mol. The van der Waals surface area contributed by atoms with E-state index in [4.69, 9.17) is 28.3 Å². The van der Waals surface area contributed by atoms with Crippen LogP contribution in [0.25, 0.3) is 0 Å². The van der Waals surface area contributed by atoms with Crippen LogP contribution in [0, 0.1) is 0 Å². The minimum absolute atomic E-state index is 0.0703. The number of nitrogens with zero attached hydrogens (tertiary/aromatic N) is 2. The highest BCUT2D eigenvalue weighted by Crippen LogP contribution is 2.51. The Kier molecular flexibility index (Phi) is 4.84. The summed E-state index contributed by atoms with van der Waals surface area (Å²) in [6, 6.07) is 5.79. The molecule has 0 saturated carbocycles. The van der Waals surface area contributed by atoms with Crippen LogP contribution in [0.1, 0.15) is 55.7 Å². The summed E-state index contributed by atoms with van der Waals surface area (Å²) < 4.78 is 2.03. The summed E-state index contributed by atoms with van der Waals surface area (Å²) in [5.74, 6) is 1.44. The van der Waals surface area contributed by atoms with Crippen molar-refractivity contribution in [2.75, 3.05) is 11.9 Å². The molecular formula is C18H23Cl2N3S. The monoisotopic (exact) mass is 383 g/mol. The highest BCUT2D eigenvalue weighted by molar-refractivity contribution is 8.01. The minimum Gasteiger partial charge on any atom is -0.369 e. The highest BCUT2D eigenvalue weighted by atomic mass is 35.5. The molecule has 2 heterocycles. The number of aryl methyl sites for hydroxylation is 1. The molecule has 0 spiro atoms. The van der Waals surface area contributed by atoms with Gasteiger partial charge in [0.25, 0.3) is 0 Å². The van der Waals surface area contributed by atoms with Crippen LogP contribution in [0.3, 0.4) is 0 Å². The summed E-state index contributed by atoms with van der Waals surface area (Å²) in [5, 5.41) is 9.87. The Morgan fingerprint density at radius 1 is 1.33 bits per heavy atom. The lowest BCUT2D eigenvalue weighted by atomic mass is 9.98. The van der Waals surface area contributed by atoms with Crippen LogP contribution < -0.4 is 5.32 Å². The second-order valence-electron chi connectivity index (χ2n) is 7.20. The van der Waals surface area contributed by atoms with Gasteiger partial charge in [-0.15, -0.1) is 11.8 Å². The van der Waals surface area contributed by atoms with Crippen molar-refractivity contribution in [3.63, 3.8) is 0 Å². The molecule has 1 atom stereocenters. The number of benzene rings is 1. The second kappa shape index (κ2) is 6.47. The molecule has 2 aromatic rings. The van der Waals surface area contributed by atoms with Gasteiger partial charge in [0, 0.05) is 33.9 Å². The molecule has 24 heavy (non-hydrogen) atoms. The zero-order valence-corrected chi connectivity index (χ0v) is 17.0. The van der Waals surface area contributed by atoms with Crippen molar-refractivity contribution < 1.29 is 0 Å². The van der Waals surface area contributed by atoms with Crippen LogP contribution >= 0.6 is 35.0 Å². The molecule has 1 aromatic heterocycles. The number of halogens is 2. The predicted octanol–water partition coefficient (Wildman–Crippen LogP) is 5.88. The molecule has 1 aliphatic rings. The molecule has 0 radical (unpaired) electrons. The van der Waals surface area contributed by atoms with Crippen LogP contribution in [-0.2, 0) is 7.05 Å². The number of nitrogens with one attached hydrogen (secondary N) is 1. The van der Waals surface area contributed by atoms with E-state index in [1.807, 2.05) is 41.7 Å². The summed E-state index contributed by atoms with van der Waals surface area (Å²) >= 11 is 14.6. The lowest BCUT2D eigenvalue weighted by Crippen LogP contribution is -2.26. The van der Waals surface area contributed by atoms with Gasteiger partial charge in [-0.2, -0.15) is 5.10 Å². The van der Waals surface area contributed by atoms with Crippen molar-refractivity contribution in [1.82, 2.24) is 9.78 Å². The Morgan fingerprint density at radius 3 is 2.67 bits per heavy atom. The number of hydrogen-bond donors (Lipinski definition) is 1. The fraction of sp³-hybridized carbons (Fsp3) is 0.500. The summed E-state index contributed by atoms with van der Waals surface area (Å²) in [6.07, 6.45) is 0. The third-order valence-electron chi connectivity index (χ3n) is 4.28. The molecule has 0 bridgehead atoms. The zero-order chi connectivity index (χ0) is 17.6. The summed E-state index contributed by atoms with van der Waals surface area (Å²) in [4.78, 5) is 0. The van der Waals surface area contributed by atoms with Crippen LogP contribution in [-0.4, -0.2) is 21.1 Å². The maximum atomic E-state index is 6.57. The predicted molar refractivity (Wildman–Crippen MR) is 106 cm³/mol. The van der Waals surface area contributed by atoms with Gasteiger partial charge in [-0.25, -0.2) is 0 Å². The van der Waals surface area contributed by atoms with E-state index in [-0.39, 0.29) is 10.00 Å². The Labute approximate surface area is 158 Å². The first kappa shape index (κ1) is 18.0. The van der Waals surface area contributed by atoms with Crippen molar-refractivity contribution in [3.05, 3.63) is 45.1 Å². The maximum Gasteiger partial charge on any atom is 0.128 e. The Bertz CT molecular complexity index is 768. The molecule has 6 heteroatoms. The molecule has 0 saturated heterocycles. The van der Waals surface area contributed by atoms with Crippen molar-refractivity contribution in [3.8, 4) is 0 Å². The zero-order valence-electron chi connectivity index (χ0n) is 14.7. The van der Waals surface area contributed by atoms with Crippen molar-refractivity contribution in [2.45, 2.75) is 43.6 Å². The van der Waals surface area contributed by atoms with Gasteiger partial charge in [-0.1, -0.05) is 43.1 Å². The van der Waals surface area contributed by atoms with E-state index in [2.05, 4.69) is 33.0 Å². The Balaban J connectivity index is 2.23. The fourth-order valence-corrected chi connectivity index (χ4v) is 5.16. The summed E-state index contributed by atoms with van der Waals surface area (Å²) in [5.41, 5.74) is 3.47. The van der Waals surface area contributed by atoms with Gasteiger partial charge in [0.2, 0.25) is 0 Å². The van der Waals surface area contributed by atoms with Gasteiger partial charge in [0.15, 0.2) is 0 Å². The third kappa shape index (κ3) is 3.29. The normalized spacial score (nSPS) is 19.8. The van der Waals surface area contributed by atoms with E-state index in [1.165, 1.54) is 5.56 Å². The summed E-state index contributed by atoms with van der Waals surface area (Å²) in [6.45, 7) is 9.77. The number of thioether (sulfide) groups is 1. The number of fused-ring (bicyclic) bond motifs is 1. The number of anilines is 1. The summed E-state index contributed by atoms with van der Waals surface area (Å²) in [7, 11) is 2.00. The molecule has 0 amide bonds. The minimum atomic E-state index is 0.0703. The van der Waals surface area contributed by atoms with Crippen LogP contribution in [0.2, 0.25) is 10.0 Å². The van der Waals surface area contributed by atoms with E-state index in [0.717, 1.165) is 23.6 Å². The number of hydrogen-bond acceptors (Lipinski definition) is 3. The number of aromatic nitrogens is 2. The van der Waals surface area contributed by atoms with Gasteiger partial charge in [0.05, 0.1) is 10.9 Å². The molecule has 1 aromatic carbocycles. The highest BCUT2D eigenvalue weighted by Gasteiger charge is 2.36. The molecule has 0 fully saturated rings. The Hall–Kier alpha value is -0.840. The average Bonchev–Trinajstić information content (AvgIpc) is 2.72. The third-order valence-corrected chi connectivity index (χ3v) is 6.36. The molecule has 130 valence electrons. The van der Waals surface area contributed by atoms with Crippen LogP contribution in [0.5, 0.6) is 0 Å². The molecule has 3 rings (SSSR count). The molecule has 1 N–H and O–H groups in total. The van der Waals surface area contributed by atoms with E-state index in [9.17, 15) is 0 Å². The van der Waals surface area contributed by atoms with Crippen molar-refractivity contribution >= 4 is 40.8 Å². The first-order chi connectivity index (χ1) is 11.2. The van der Waals surface area contributed by atoms with Gasteiger partial charge in [-0.05, 0) is 37.5 Å². The van der Waals surface area contributed by atoms with Gasteiger partial charge in [0.1, 0.15) is 5.82 Å². The smallest absolute Gasteiger partial charge is 0.128 e. The van der Waals surface area contributed by atoms with Crippen molar-refractivity contribution in [2.24, 2.45) is 7.05 Å². The number of rotatable bonds is 2. The van der Waals surface area contributed by atoms with E-state index in [1.54, 1.807) is 0 Å². The lowest BCUT2D eigenvalue weighted by Gasteiger charge is -2.27. The SMILES string of the molecule is CC(C)c1nn(C)c2c1C(c1ccc(Cl)cc1Cl)SC(C)(C)CN2. The first-order valence-electron chi connectivity index (χ1n) is 8.13. The van der Waals surface area contributed by atoms with Crippen LogP contribution in [0.15, 0.2) is 18.2 Å². The van der Waals surface area contributed by atoms with Gasteiger partial charge >= 0.3 is 0 Å². The molecule has 3 nitrogen and oxygen atoms in total. The van der Waals surface area contributed by atoms with Crippen LogP contribution in [0.4, 0.5) is 5.82 Å². The topological polar surface area (TPSA) is 29.9 Å². The Morgan fingerprint density at radius 2 is 2.04 bits per heavy atom. The first-order valence-corrected chi connectivity index (χ1v) is 9.76. The fourth-order valence-electron chi connectivity index (χ4n) is 3.11. The molecular weight excluding hydrogens is 361 g/mol. The maximum absolute atomic E-state index is 6.57. The standard InChI is InChI=1S/C18H23Cl2N3S/c1-10(2)15-14-16(12-7-6-11(19)8-13(12)20)24-18(3,4)9-21-17(14)23(5)22-15/h6-8,10,16,21H,9H2,1-5H3. The van der Waals surface area contributed by atoms with Gasteiger partial charge < -0.3 is 5.32 Å². The molecule has 1 unspecified atom stereocenters. The molecule has 0 aliphatic carbocycles. The van der Waals surface area contributed by atoms with E-state index < -0.39 is 0 Å². The molecule has 1 aliphatic heterocycles. The second-order valence-corrected chi connectivity index (χ2v) is 9.86. The van der Waals surface area contributed by atoms with E-state index >= 15 is 0 Å².